The zero-order valence-electron chi connectivity index (χ0n) is 15.7. The Bertz CT molecular complexity index is 853. The number of carbonyl (C=O) groups excluding carboxylic acids is 3. The highest BCUT2D eigenvalue weighted by Gasteiger charge is 2.11. The number of hydrogen-bond donors (Lipinski definition) is 3. The number of methoxy groups -OCH3 is 1. The van der Waals surface area contributed by atoms with E-state index >= 15 is 0 Å². The van der Waals surface area contributed by atoms with Crippen LogP contribution in [-0.2, 0) is 20.8 Å². The highest BCUT2D eigenvalue weighted by atomic mass is 35.5. The Hall–Kier alpha value is -3.06. The fraction of sp³-hybridized carbons (Fsp3) is 0.250. The molecule has 0 fully saturated rings. The number of hydrogen-bond acceptors (Lipinski definition) is 4. The zero-order valence-corrected chi connectivity index (χ0v) is 16.4. The SMILES string of the molecule is COc1ccc(CC(=O)NNC(=O)CCC(=O)Nc2cccc(Cl)c2C)cc1. The van der Waals surface area contributed by atoms with E-state index in [-0.39, 0.29) is 31.1 Å². The topological polar surface area (TPSA) is 96.5 Å². The first-order valence-electron chi connectivity index (χ1n) is 8.64. The quantitative estimate of drug-likeness (QED) is 0.619. The molecule has 0 saturated carbocycles. The summed E-state index contributed by atoms with van der Waals surface area (Å²) in [5, 5.41) is 3.26. The average molecular weight is 404 g/mol. The second kappa shape index (κ2) is 10.3. The van der Waals surface area contributed by atoms with Crippen molar-refractivity contribution in [2.24, 2.45) is 0 Å². The first-order chi connectivity index (χ1) is 13.4. The Labute approximate surface area is 168 Å². The molecule has 148 valence electrons. The Morgan fingerprint density at radius 1 is 0.929 bits per heavy atom. The molecule has 2 aromatic rings. The Balaban J connectivity index is 1.70. The molecule has 7 nitrogen and oxygen atoms in total. The third-order valence-electron chi connectivity index (χ3n) is 3.99. The number of nitrogens with one attached hydrogen (secondary N) is 3. The Morgan fingerprint density at radius 2 is 1.57 bits per heavy atom. The fourth-order valence-corrected chi connectivity index (χ4v) is 2.53. The molecular formula is C20H22ClN3O4. The van der Waals surface area contributed by atoms with Gasteiger partial charge in [0.2, 0.25) is 17.7 Å². The molecule has 0 aliphatic rings. The van der Waals surface area contributed by atoms with Crippen LogP contribution in [0.4, 0.5) is 5.69 Å². The van der Waals surface area contributed by atoms with E-state index in [1.165, 1.54) is 0 Å². The zero-order chi connectivity index (χ0) is 20.5. The van der Waals surface area contributed by atoms with Gasteiger partial charge < -0.3 is 10.1 Å². The summed E-state index contributed by atoms with van der Waals surface area (Å²) in [7, 11) is 1.56. The minimum absolute atomic E-state index is 0.0217. The molecular weight excluding hydrogens is 382 g/mol. The van der Waals surface area contributed by atoms with Gasteiger partial charge in [0.15, 0.2) is 0 Å². The summed E-state index contributed by atoms with van der Waals surface area (Å²) in [5.74, 6) is -0.438. The molecule has 0 saturated heterocycles. The maximum Gasteiger partial charge on any atom is 0.242 e. The van der Waals surface area contributed by atoms with Crippen LogP contribution in [0.2, 0.25) is 5.02 Å². The normalized spacial score (nSPS) is 10.1. The van der Waals surface area contributed by atoms with E-state index in [0.717, 1.165) is 11.1 Å². The Kier molecular flexibility index (Phi) is 7.83. The monoisotopic (exact) mass is 403 g/mol. The summed E-state index contributed by atoms with van der Waals surface area (Å²) >= 11 is 6.01. The van der Waals surface area contributed by atoms with Crippen LogP contribution in [0.25, 0.3) is 0 Å². The first-order valence-corrected chi connectivity index (χ1v) is 9.02. The molecule has 0 aliphatic heterocycles. The standard InChI is InChI=1S/C20H22ClN3O4/c1-13-16(21)4-3-5-17(13)22-18(25)10-11-19(26)23-24-20(27)12-14-6-8-15(28-2)9-7-14/h3-9H,10-12H2,1-2H3,(H,22,25)(H,23,26)(H,24,27). The van der Waals surface area contributed by atoms with E-state index in [9.17, 15) is 14.4 Å². The van der Waals surface area contributed by atoms with Crippen molar-refractivity contribution in [1.82, 2.24) is 10.9 Å². The maximum atomic E-state index is 12.0. The molecule has 0 unspecified atom stereocenters. The summed E-state index contributed by atoms with van der Waals surface area (Å²) in [6.07, 6.45) is 0.0270. The van der Waals surface area contributed by atoms with Gasteiger partial charge in [-0.15, -0.1) is 0 Å². The van der Waals surface area contributed by atoms with Gasteiger partial charge in [-0.2, -0.15) is 0 Å². The second-order valence-corrected chi connectivity index (χ2v) is 6.49. The number of hydrazine groups is 1. The molecule has 0 heterocycles. The third-order valence-corrected chi connectivity index (χ3v) is 4.40. The largest absolute Gasteiger partial charge is 0.497 e. The molecule has 8 heteroatoms. The number of anilines is 1. The fourth-order valence-electron chi connectivity index (χ4n) is 2.36. The first kappa shape index (κ1) is 21.2. The highest BCUT2D eigenvalue weighted by Crippen LogP contribution is 2.23. The van der Waals surface area contributed by atoms with Gasteiger partial charge in [0.1, 0.15) is 5.75 Å². The van der Waals surface area contributed by atoms with E-state index in [0.29, 0.717) is 16.5 Å². The van der Waals surface area contributed by atoms with Crippen LogP contribution < -0.4 is 20.9 Å². The highest BCUT2D eigenvalue weighted by molar-refractivity contribution is 6.31. The molecule has 28 heavy (non-hydrogen) atoms. The van der Waals surface area contributed by atoms with Crippen molar-refractivity contribution < 1.29 is 19.1 Å². The lowest BCUT2D eigenvalue weighted by Crippen LogP contribution is -2.42. The van der Waals surface area contributed by atoms with Gasteiger partial charge in [0.05, 0.1) is 13.5 Å². The molecule has 0 aliphatic carbocycles. The van der Waals surface area contributed by atoms with Gasteiger partial charge in [-0.25, -0.2) is 0 Å². The predicted octanol–water partition coefficient (Wildman–Crippen LogP) is 2.77. The third kappa shape index (κ3) is 6.59. The smallest absolute Gasteiger partial charge is 0.242 e. The van der Waals surface area contributed by atoms with Crippen molar-refractivity contribution in [2.75, 3.05) is 12.4 Å². The number of amides is 3. The van der Waals surface area contributed by atoms with Crippen LogP contribution in [0, 0.1) is 6.92 Å². The average Bonchev–Trinajstić information content (AvgIpc) is 2.69. The van der Waals surface area contributed by atoms with Gasteiger partial charge in [0.25, 0.3) is 0 Å². The molecule has 0 spiro atoms. The number of halogens is 1. The van der Waals surface area contributed by atoms with E-state index < -0.39 is 5.91 Å². The van der Waals surface area contributed by atoms with Crippen molar-refractivity contribution in [2.45, 2.75) is 26.2 Å². The van der Waals surface area contributed by atoms with Gasteiger partial charge in [0, 0.05) is 23.6 Å². The van der Waals surface area contributed by atoms with Crippen molar-refractivity contribution >= 4 is 35.0 Å². The van der Waals surface area contributed by atoms with Crippen molar-refractivity contribution in [3.63, 3.8) is 0 Å². The number of benzene rings is 2. The van der Waals surface area contributed by atoms with Gasteiger partial charge >= 0.3 is 0 Å². The minimum Gasteiger partial charge on any atom is -0.497 e. The van der Waals surface area contributed by atoms with E-state index in [4.69, 9.17) is 16.3 Å². The van der Waals surface area contributed by atoms with Crippen molar-refractivity contribution in [3.8, 4) is 5.75 Å². The number of carbonyl (C=O) groups is 3. The molecule has 0 aromatic heterocycles. The summed E-state index contributed by atoms with van der Waals surface area (Å²) in [5.41, 5.74) is 6.77. The summed E-state index contributed by atoms with van der Waals surface area (Å²) < 4.78 is 5.05. The van der Waals surface area contributed by atoms with Crippen LogP contribution in [-0.4, -0.2) is 24.8 Å². The van der Waals surface area contributed by atoms with E-state index in [2.05, 4.69) is 16.2 Å². The molecule has 2 rings (SSSR count). The van der Waals surface area contributed by atoms with Gasteiger partial charge in [-0.1, -0.05) is 29.8 Å². The maximum absolute atomic E-state index is 12.0. The summed E-state index contributed by atoms with van der Waals surface area (Å²) in [6, 6.07) is 12.2. The summed E-state index contributed by atoms with van der Waals surface area (Å²) in [6.45, 7) is 1.79. The predicted molar refractivity (Wildman–Crippen MR) is 107 cm³/mol. The summed E-state index contributed by atoms with van der Waals surface area (Å²) in [4.78, 5) is 35.7. The van der Waals surface area contributed by atoms with Crippen LogP contribution in [0.5, 0.6) is 5.75 Å². The van der Waals surface area contributed by atoms with E-state index in [1.54, 1.807) is 56.5 Å². The van der Waals surface area contributed by atoms with Crippen LogP contribution in [0.1, 0.15) is 24.0 Å². The molecule has 0 radical (unpaired) electrons. The Morgan fingerprint density at radius 3 is 2.25 bits per heavy atom. The molecule has 3 amide bonds. The lowest BCUT2D eigenvalue weighted by atomic mass is 10.1. The van der Waals surface area contributed by atoms with Crippen molar-refractivity contribution in [1.29, 1.82) is 0 Å². The lowest BCUT2D eigenvalue weighted by Gasteiger charge is -2.10. The number of ether oxygens (including phenoxy) is 1. The second-order valence-electron chi connectivity index (χ2n) is 6.08. The molecule has 0 atom stereocenters. The van der Waals surface area contributed by atoms with E-state index in [1.807, 2.05) is 0 Å². The van der Waals surface area contributed by atoms with Crippen molar-refractivity contribution in [3.05, 3.63) is 58.6 Å². The van der Waals surface area contributed by atoms with Gasteiger partial charge in [-0.05, 0) is 42.3 Å². The molecule has 3 N–H and O–H groups in total. The van der Waals surface area contributed by atoms with Crippen LogP contribution in [0.15, 0.2) is 42.5 Å². The minimum atomic E-state index is -0.457. The van der Waals surface area contributed by atoms with Crippen LogP contribution in [0.3, 0.4) is 0 Å². The molecule has 2 aromatic carbocycles. The molecule has 0 bridgehead atoms. The number of rotatable bonds is 7. The lowest BCUT2D eigenvalue weighted by molar-refractivity contribution is -0.129. The van der Waals surface area contributed by atoms with Crippen LogP contribution >= 0.6 is 11.6 Å². The van der Waals surface area contributed by atoms with Gasteiger partial charge in [-0.3, -0.25) is 25.2 Å².